The molecule has 8 nitrogen and oxygen atoms in total. The van der Waals surface area contributed by atoms with E-state index in [2.05, 4.69) is 25.2 Å². The van der Waals surface area contributed by atoms with Crippen LogP contribution in [-0.2, 0) is 4.79 Å². The Bertz CT molecular complexity index is 1100. The van der Waals surface area contributed by atoms with Gasteiger partial charge in [-0.2, -0.15) is 4.98 Å². The van der Waals surface area contributed by atoms with Crippen molar-refractivity contribution < 1.29 is 4.79 Å². The van der Waals surface area contributed by atoms with Gasteiger partial charge in [-0.3, -0.25) is 4.79 Å². The van der Waals surface area contributed by atoms with Crippen LogP contribution in [0, 0.1) is 5.41 Å². The van der Waals surface area contributed by atoms with Crippen molar-refractivity contribution in [3.05, 3.63) is 30.7 Å². The minimum Gasteiger partial charge on any atom is -0.351 e. The molecule has 1 fully saturated rings. The topological polar surface area (TPSA) is 90.0 Å². The van der Waals surface area contributed by atoms with Gasteiger partial charge in [-0.1, -0.05) is 12.8 Å². The number of benzene rings is 1. The molecule has 3 aromatic rings. The van der Waals surface area contributed by atoms with Gasteiger partial charge in [0.05, 0.1) is 29.0 Å². The first kappa shape index (κ1) is 18.8. The average Bonchev–Trinajstić information content (AvgIpc) is 3.41. The summed E-state index contributed by atoms with van der Waals surface area (Å²) in [6.07, 6.45) is 8.16. The largest absolute Gasteiger partial charge is 0.351 e. The number of hydrogen-bond donors (Lipinski definition) is 2. The highest BCUT2D eigenvalue weighted by Crippen LogP contribution is 2.40. The fourth-order valence-corrected chi connectivity index (χ4v) is 4.67. The summed E-state index contributed by atoms with van der Waals surface area (Å²) in [6, 6.07) is 6.32. The van der Waals surface area contributed by atoms with Crippen molar-refractivity contribution in [2.45, 2.75) is 45.6 Å². The van der Waals surface area contributed by atoms with Gasteiger partial charge in [0.25, 0.3) is 0 Å². The molecule has 3 heterocycles. The zero-order valence-corrected chi connectivity index (χ0v) is 17.6. The van der Waals surface area contributed by atoms with E-state index in [1.807, 2.05) is 39.1 Å². The van der Waals surface area contributed by atoms with Gasteiger partial charge in [-0.15, -0.1) is 0 Å². The molecule has 1 aromatic carbocycles. The summed E-state index contributed by atoms with van der Waals surface area (Å²) >= 11 is 0. The van der Waals surface area contributed by atoms with Gasteiger partial charge in [0, 0.05) is 25.3 Å². The Morgan fingerprint density at radius 2 is 2.00 bits per heavy atom. The number of fused-ring (bicyclic) bond motifs is 2. The Kier molecular flexibility index (Phi) is 4.38. The third-order valence-corrected chi connectivity index (χ3v) is 6.27. The SMILES string of the molecule is CN1C(=O)C(C)(C)CN(C2CCCC2)c2nc(Nc3ccc4nc[nH]c4c3)ncc21. The first-order valence-corrected chi connectivity index (χ1v) is 10.5. The van der Waals surface area contributed by atoms with Crippen molar-refractivity contribution in [3.8, 4) is 0 Å². The Labute approximate surface area is 175 Å². The first-order chi connectivity index (χ1) is 14.4. The van der Waals surface area contributed by atoms with Crippen LogP contribution < -0.4 is 15.1 Å². The van der Waals surface area contributed by atoms with Gasteiger partial charge in [-0.05, 0) is 44.9 Å². The smallest absolute Gasteiger partial charge is 0.234 e. The van der Waals surface area contributed by atoms with Crippen LogP contribution in [0.15, 0.2) is 30.7 Å². The molecule has 5 rings (SSSR count). The van der Waals surface area contributed by atoms with Gasteiger partial charge in [0.15, 0.2) is 5.82 Å². The third-order valence-electron chi connectivity index (χ3n) is 6.27. The number of anilines is 4. The lowest BCUT2D eigenvalue weighted by Crippen LogP contribution is -2.45. The van der Waals surface area contributed by atoms with Gasteiger partial charge >= 0.3 is 0 Å². The normalized spacial score (nSPS) is 19.2. The Hall–Kier alpha value is -3.16. The van der Waals surface area contributed by atoms with E-state index in [0.29, 0.717) is 18.5 Å². The molecule has 1 aliphatic heterocycles. The fraction of sp³-hybridized carbons (Fsp3) is 0.455. The third kappa shape index (κ3) is 3.16. The molecule has 1 amide bonds. The summed E-state index contributed by atoms with van der Waals surface area (Å²) in [7, 11) is 1.82. The van der Waals surface area contributed by atoms with E-state index in [0.717, 1.165) is 41.1 Å². The number of nitrogens with zero attached hydrogens (tertiary/aromatic N) is 5. The first-order valence-electron chi connectivity index (χ1n) is 10.5. The number of carbonyl (C=O) groups excluding carboxylic acids is 1. The number of imidazole rings is 1. The molecule has 0 atom stereocenters. The molecule has 2 N–H and O–H groups in total. The summed E-state index contributed by atoms with van der Waals surface area (Å²) in [5, 5.41) is 3.31. The molecule has 8 heteroatoms. The van der Waals surface area contributed by atoms with Gasteiger partial charge in [-0.25, -0.2) is 9.97 Å². The average molecular weight is 406 g/mol. The molecule has 30 heavy (non-hydrogen) atoms. The number of aromatic nitrogens is 4. The maximum atomic E-state index is 13.1. The lowest BCUT2D eigenvalue weighted by Gasteiger charge is -2.34. The van der Waals surface area contributed by atoms with Crippen LogP contribution in [0.25, 0.3) is 11.0 Å². The fourth-order valence-electron chi connectivity index (χ4n) is 4.67. The maximum absolute atomic E-state index is 13.1. The molecule has 0 unspecified atom stereocenters. The molecule has 0 spiro atoms. The predicted octanol–water partition coefficient (Wildman–Crippen LogP) is 3.85. The number of rotatable bonds is 3. The van der Waals surface area contributed by atoms with E-state index in [-0.39, 0.29) is 5.91 Å². The maximum Gasteiger partial charge on any atom is 0.234 e. The van der Waals surface area contributed by atoms with E-state index >= 15 is 0 Å². The molecule has 0 bridgehead atoms. The lowest BCUT2D eigenvalue weighted by molar-refractivity contribution is -0.125. The molecular weight excluding hydrogens is 378 g/mol. The van der Waals surface area contributed by atoms with Crippen molar-refractivity contribution in [2.24, 2.45) is 5.41 Å². The molecular formula is C22H27N7O. The summed E-state index contributed by atoms with van der Waals surface area (Å²) in [6.45, 7) is 4.70. The predicted molar refractivity (Wildman–Crippen MR) is 118 cm³/mol. The minimum atomic E-state index is -0.489. The van der Waals surface area contributed by atoms with Gasteiger partial charge < -0.3 is 20.1 Å². The highest BCUT2D eigenvalue weighted by molar-refractivity contribution is 6.00. The number of amides is 1. The van der Waals surface area contributed by atoms with E-state index in [1.54, 1.807) is 17.4 Å². The zero-order chi connectivity index (χ0) is 20.9. The van der Waals surface area contributed by atoms with Crippen LogP contribution >= 0.6 is 0 Å². The van der Waals surface area contributed by atoms with Crippen LogP contribution in [-0.4, -0.2) is 45.5 Å². The second-order valence-electron chi connectivity index (χ2n) is 8.98. The molecule has 0 radical (unpaired) electrons. The van der Waals surface area contributed by atoms with Crippen LogP contribution in [0.3, 0.4) is 0 Å². The second-order valence-corrected chi connectivity index (χ2v) is 8.98. The lowest BCUT2D eigenvalue weighted by atomic mass is 9.91. The molecule has 0 saturated heterocycles. The van der Waals surface area contributed by atoms with Gasteiger partial charge in [0.2, 0.25) is 11.9 Å². The van der Waals surface area contributed by atoms with Crippen molar-refractivity contribution in [1.29, 1.82) is 0 Å². The van der Waals surface area contributed by atoms with Crippen LogP contribution in [0.2, 0.25) is 0 Å². The summed E-state index contributed by atoms with van der Waals surface area (Å²) in [5.41, 5.74) is 3.04. The number of H-pyrrole nitrogens is 1. The summed E-state index contributed by atoms with van der Waals surface area (Å²) in [4.78, 5) is 33.9. The number of hydrogen-bond acceptors (Lipinski definition) is 6. The standard InChI is InChI=1S/C22H27N7O/c1-22(2)12-29(15-6-4-5-7-15)19-18(28(3)20(22)30)11-23-21(27-19)26-14-8-9-16-17(10-14)25-13-24-16/h8-11,13,15H,4-7,12H2,1-3H3,(H,24,25)(H,23,26,27). The number of nitrogens with one attached hydrogen (secondary N) is 2. The zero-order valence-electron chi connectivity index (χ0n) is 17.6. The van der Waals surface area contributed by atoms with Crippen molar-refractivity contribution in [2.75, 3.05) is 28.7 Å². The molecule has 2 aliphatic rings. The number of carbonyl (C=O) groups is 1. The number of aromatic amines is 1. The summed E-state index contributed by atoms with van der Waals surface area (Å²) in [5.74, 6) is 1.46. The monoisotopic (exact) mass is 405 g/mol. The second kappa shape index (κ2) is 6.97. The highest BCUT2D eigenvalue weighted by atomic mass is 16.2. The van der Waals surface area contributed by atoms with Gasteiger partial charge in [0.1, 0.15) is 5.69 Å². The molecule has 1 aliphatic carbocycles. The van der Waals surface area contributed by atoms with E-state index in [9.17, 15) is 4.79 Å². The highest BCUT2D eigenvalue weighted by Gasteiger charge is 2.41. The summed E-state index contributed by atoms with van der Waals surface area (Å²) < 4.78 is 0. The van der Waals surface area contributed by atoms with E-state index in [4.69, 9.17) is 4.98 Å². The van der Waals surface area contributed by atoms with E-state index < -0.39 is 5.41 Å². The minimum absolute atomic E-state index is 0.0956. The van der Waals surface area contributed by atoms with Crippen molar-refractivity contribution in [3.63, 3.8) is 0 Å². The molecule has 2 aromatic heterocycles. The quantitative estimate of drug-likeness (QED) is 0.688. The Balaban J connectivity index is 1.54. The Morgan fingerprint density at radius 3 is 2.80 bits per heavy atom. The van der Waals surface area contributed by atoms with Crippen LogP contribution in [0.5, 0.6) is 0 Å². The van der Waals surface area contributed by atoms with Crippen molar-refractivity contribution >= 4 is 40.1 Å². The van der Waals surface area contributed by atoms with Crippen LogP contribution in [0.1, 0.15) is 39.5 Å². The molecule has 156 valence electrons. The van der Waals surface area contributed by atoms with Crippen molar-refractivity contribution in [1.82, 2.24) is 19.9 Å². The Morgan fingerprint density at radius 1 is 1.20 bits per heavy atom. The van der Waals surface area contributed by atoms with E-state index in [1.165, 1.54) is 12.8 Å². The van der Waals surface area contributed by atoms with Crippen LogP contribution in [0.4, 0.5) is 23.1 Å². The molecule has 1 saturated carbocycles.